The number of rotatable bonds is 6. The molecule has 1 unspecified atom stereocenters. The van der Waals surface area contributed by atoms with Gasteiger partial charge in [-0.05, 0) is 23.8 Å². The third kappa shape index (κ3) is 3.71. The topological polar surface area (TPSA) is 76.1 Å². The number of aromatic nitrogens is 1. The molecule has 0 saturated heterocycles. The van der Waals surface area contributed by atoms with E-state index in [0.717, 1.165) is 0 Å². The lowest BCUT2D eigenvalue weighted by molar-refractivity contribution is -0.120. The van der Waals surface area contributed by atoms with Crippen LogP contribution in [0, 0.1) is 0 Å². The molecule has 2 rings (SSSR count). The van der Waals surface area contributed by atoms with Crippen molar-refractivity contribution in [3.05, 3.63) is 60.4 Å². The van der Waals surface area contributed by atoms with Crippen LogP contribution in [0.3, 0.4) is 0 Å². The third-order valence-corrected chi connectivity index (χ3v) is 5.43. The van der Waals surface area contributed by atoms with E-state index in [1.807, 2.05) is 0 Å². The van der Waals surface area contributed by atoms with Gasteiger partial charge >= 0.3 is 0 Å². The van der Waals surface area contributed by atoms with E-state index in [4.69, 9.17) is 0 Å². The molecule has 0 radical (unpaired) electrons. The predicted octanol–water partition coefficient (Wildman–Crippen LogP) is 2.12. The van der Waals surface area contributed by atoms with Crippen LogP contribution in [0.15, 0.2) is 59.8 Å². The molecular weight excluding hydrogens is 300 g/mol. The molecular formula is C16H18N2O3S. The second-order valence-corrected chi connectivity index (χ2v) is 6.92. The number of amides is 1. The average molecular weight is 318 g/mol. The second kappa shape index (κ2) is 7.17. The first-order valence-corrected chi connectivity index (χ1v) is 8.56. The van der Waals surface area contributed by atoms with E-state index >= 15 is 0 Å². The van der Waals surface area contributed by atoms with Gasteiger partial charge < -0.3 is 5.32 Å². The van der Waals surface area contributed by atoms with Gasteiger partial charge in [0.2, 0.25) is 5.91 Å². The summed E-state index contributed by atoms with van der Waals surface area (Å²) in [6, 6.07) is 11.6. The summed E-state index contributed by atoms with van der Waals surface area (Å²) in [5, 5.41) is 1.80. The molecule has 0 bridgehead atoms. The monoisotopic (exact) mass is 318 g/mol. The molecule has 1 heterocycles. The van der Waals surface area contributed by atoms with Crippen molar-refractivity contribution < 1.29 is 13.2 Å². The van der Waals surface area contributed by atoms with Crippen molar-refractivity contribution in [2.24, 2.45) is 0 Å². The number of sulfone groups is 1. The van der Waals surface area contributed by atoms with E-state index < -0.39 is 15.1 Å². The van der Waals surface area contributed by atoms with E-state index in [-0.39, 0.29) is 17.3 Å². The highest BCUT2D eigenvalue weighted by Crippen LogP contribution is 2.27. The van der Waals surface area contributed by atoms with Gasteiger partial charge in [-0.1, -0.05) is 31.2 Å². The first-order chi connectivity index (χ1) is 10.6. The lowest BCUT2D eigenvalue weighted by Crippen LogP contribution is -2.31. The molecule has 6 heteroatoms. The minimum absolute atomic E-state index is 0.0234. The fourth-order valence-corrected chi connectivity index (χ4v) is 3.74. The van der Waals surface area contributed by atoms with Gasteiger partial charge in [-0.25, -0.2) is 8.42 Å². The number of nitrogens with one attached hydrogen (secondary N) is 1. The van der Waals surface area contributed by atoms with Crippen molar-refractivity contribution in [1.82, 2.24) is 10.3 Å². The SMILES string of the molecule is CCC(=O)NCC(c1cccnc1)S(=O)(=O)c1ccccc1. The third-order valence-electron chi connectivity index (χ3n) is 3.31. The van der Waals surface area contributed by atoms with Crippen LogP contribution in [0.5, 0.6) is 0 Å². The summed E-state index contributed by atoms with van der Waals surface area (Å²) in [4.78, 5) is 15.7. The maximum absolute atomic E-state index is 12.9. The van der Waals surface area contributed by atoms with Gasteiger partial charge in [-0.15, -0.1) is 0 Å². The Morgan fingerprint density at radius 1 is 1.18 bits per heavy atom. The second-order valence-electron chi connectivity index (χ2n) is 4.79. The summed E-state index contributed by atoms with van der Waals surface area (Å²) in [5.74, 6) is -0.183. The van der Waals surface area contributed by atoms with Gasteiger partial charge in [0, 0.05) is 25.4 Å². The fourth-order valence-electron chi connectivity index (χ4n) is 2.08. The molecule has 0 saturated carbocycles. The highest BCUT2D eigenvalue weighted by molar-refractivity contribution is 7.91. The molecule has 0 aliphatic rings. The number of carbonyl (C=O) groups is 1. The maximum Gasteiger partial charge on any atom is 0.219 e. The number of carbonyl (C=O) groups excluding carboxylic acids is 1. The van der Waals surface area contributed by atoms with Crippen LogP contribution < -0.4 is 5.32 Å². The Bertz CT molecular complexity index is 716. The Kier molecular flexibility index (Phi) is 5.27. The molecule has 22 heavy (non-hydrogen) atoms. The van der Waals surface area contributed by atoms with E-state index in [0.29, 0.717) is 12.0 Å². The number of hydrogen-bond donors (Lipinski definition) is 1. The maximum atomic E-state index is 12.9. The largest absolute Gasteiger partial charge is 0.354 e. The number of hydrogen-bond acceptors (Lipinski definition) is 4. The van der Waals surface area contributed by atoms with Crippen molar-refractivity contribution in [3.63, 3.8) is 0 Å². The van der Waals surface area contributed by atoms with Crippen molar-refractivity contribution >= 4 is 15.7 Å². The Balaban J connectivity index is 2.38. The Labute approximate surface area is 130 Å². The molecule has 1 amide bonds. The summed E-state index contributed by atoms with van der Waals surface area (Å²) in [6.45, 7) is 1.75. The predicted molar refractivity (Wildman–Crippen MR) is 83.9 cm³/mol. The molecule has 0 aliphatic heterocycles. The van der Waals surface area contributed by atoms with Gasteiger partial charge in [-0.3, -0.25) is 9.78 Å². The number of pyridine rings is 1. The highest BCUT2D eigenvalue weighted by atomic mass is 32.2. The fraction of sp³-hybridized carbons (Fsp3) is 0.250. The summed E-state index contributed by atoms with van der Waals surface area (Å²) in [7, 11) is -3.61. The minimum atomic E-state index is -3.61. The van der Waals surface area contributed by atoms with E-state index in [2.05, 4.69) is 10.3 Å². The molecule has 2 aromatic rings. The summed E-state index contributed by atoms with van der Waals surface area (Å²) < 4.78 is 25.7. The molecule has 0 aliphatic carbocycles. The normalized spacial score (nSPS) is 12.6. The number of nitrogens with zero attached hydrogens (tertiary/aromatic N) is 1. The summed E-state index contributed by atoms with van der Waals surface area (Å²) in [6.07, 6.45) is 3.41. The molecule has 1 atom stereocenters. The van der Waals surface area contributed by atoms with Gasteiger partial charge in [0.1, 0.15) is 5.25 Å². The Hall–Kier alpha value is -2.21. The van der Waals surface area contributed by atoms with Crippen molar-refractivity contribution in [2.45, 2.75) is 23.5 Å². The van der Waals surface area contributed by atoms with Crippen LogP contribution in [0.2, 0.25) is 0 Å². The number of benzene rings is 1. The lowest BCUT2D eigenvalue weighted by Gasteiger charge is -2.18. The van der Waals surface area contributed by atoms with E-state index in [1.165, 1.54) is 6.20 Å². The van der Waals surface area contributed by atoms with Gasteiger partial charge in [-0.2, -0.15) is 0 Å². The Morgan fingerprint density at radius 2 is 1.91 bits per heavy atom. The van der Waals surface area contributed by atoms with Crippen LogP contribution in [0.25, 0.3) is 0 Å². The molecule has 0 fully saturated rings. The quantitative estimate of drug-likeness (QED) is 0.885. The van der Waals surface area contributed by atoms with Crippen molar-refractivity contribution in [1.29, 1.82) is 0 Å². The summed E-state index contributed by atoms with van der Waals surface area (Å²) >= 11 is 0. The first kappa shape index (κ1) is 16.2. The van der Waals surface area contributed by atoms with Gasteiger partial charge in [0.05, 0.1) is 4.90 Å². The van der Waals surface area contributed by atoms with Crippen LogP contribution in [-0.4, -0.2) is 25.9 Å². The van der Waals surface area contributed by atoms with Crippen molar-refractivity contribution in [2.75, 3.05) is 6.54 Å². The molecule has 0 spiro atoms. The zero-order valence-electron chi connectivity index (χ0n) is 12.3. The molecule has 116 valence electrons. The molecule has 1 aromatic heterocycles. The van der Waals surface area contributed by atoms with Crippen LogP contribution in [0.4, 0.5) is 0 Å². The zero-order chi connectivity index (χ0) is 16.0. The average Bonchev–Trinajstić information content (AvgIpc) is 2.56. The Morgan fingerprint density at radius 3 is 2.50 bits per heavy atom. The first-order valence-electron chi connectivity index (χ1n) is 7.01. The van der Waals surface area contributed by atoms with E-state index in [1.54, 1.807) is 55.6 Å². The summed E-state index contributed by atoms with van der Waals surface area (Å²) in [5.41, 5.74) is 0.558. The highest BCUT2D eigenvalue weighted by Gasteiger charge is 2.29. The molecule has 1 N–H and O–H groups in total. The van der Waals surface area contributed by atoms with Crippen LogP contribution in [0.1, 0.15) is 24.2 Å². The van der Waals surface area contributed by atoms with Crippen LogP contribution in [-0.2, 0) is 14.6 Å². The van der Waals surface area contributed by atoms with Crippen LogP contribution >= 0.6 is 0 Å². The minimum Gasteiger partial charge on any atom is -0.354 e. The lowest BCUT2D eigenvalue weighted by atomic mass is 10.2. The zero-order valence-corrected chi connectivity index (χ0v) is 13.1. The van der Waals surface area contributed by atoms with E-state index in [9.17, 15) is 13.2 Å². The van der Waals surface area contributed by atoms with Crippen molar-refractivity contribution in [3.8, 4) is 0 Å². The molecule has 5 nitrogen and oxygen atoms in total. The van der Waals surface area contributed by atoms with Gasteiger partial charge in [0.25, 0.3) is 0 Å². The van der Waals surface area contributed by atoms with Gasteiger partial charge in [0.15, 0.2) is 9.84 Å². The smallest absolute Gasteiger partial charge is 0.219 e. The molecule has 1 aromatic carbocycles. The standard InChI is InChI=1S/C16H18N2O3S/c1-2-16(19)18-12-15(13-7-6-10-17-11-13)22(20,21)14-8-4-3-5-9-14/h3-11,15H,2,12H2,1H3,(H,18,19).